The first kappa shape index (κ1) is 20.8. The highest BCUT2D eigenvalue weighted by atomic mass is 35.5. The molecule has 3 N–H and O–H groups in total. The van der Waals surface area contributed by atoms with Gasteiger partial charge in [-0.3, -0.25) is 0 Å². The molecule has 0 saturated carbocycles. The second-order valence-corrected chi connectivity index (χ2v) is 6.79. The molecule has 0 aliphatic carbocycles. The van der Waals surface area contributed by atoms with Crippen molar-refractivity contribution < 1.29 is 14.2 Å². The van der Waals surface area contributed by atoms with Gasteiger partial charge in [0, 0.05) is 12.2 Å². The molecule has 1 heterocycles. The fourth-order valence-corrected chi connectivity index (χ4v) is 2.96. The summed E-state index contributed by atoms with van der Waals surface area (Å²) in [5.74, 6) is -0.519. The van der Waals surface area contributed by atoms with Gasteiger partial charge in [-0.2, -0.15) is 0 Å². The zero-order chi connectivity index (χ0) is 20.5. The molecule has 2 aromatic carbocycles. The van der Waals surface area contributed by atoms with Gasteiger partial charge in [0.25, 0.3) is 0 Å². The standard InChI is InChI=1S/C20H21ClFN5O2/c21-16-12-15(9-10-17(16)22)24-20(25-28)19-18(26-29-27-19)13-23-11-5-4-8-14-6-2-1-3-7-14/h1-3,6-7,9-10,12,23,28H,4-5,8,11,13H2,(H,24,25). The zero-order valence-electron chi connectivity index (χ0n) is 15.6. The van der Waals surface area contributed by atoms with Crippen molar-refractivity contribution in [3.63, 3.8) is 0 Å². The van der Waals surface area contributed by atoms with E-state index in [0.29, 0.717) is 17.9 Å². The number of amidine groups is 1. The molecule has 1 aromatic heterocycles. The Morgan fingerprint density at radius 3 is 2.72 bits per heavy atom. The van der Waals surface area contributed by atoms with Crippen LogP contribution in [0.25, 0.3) is 0 Å². The van der Waals surface area contributed by atoms with Crippen LogP contribution < -0.4 is 10.6 Å². The highest BCUT2D eigenvalue weighted by Crippen LogP contribution is 2.20. The van der Waals surface area contributed by atoms with Crippen molar-refractivity contribution in [3.8, 4) is 0 Å². The van der Waals surface area contributed by atoms with E-state index in [2.05, 4.69) is 38.2 Å². The van der Waals surface area contributed by atoms with Gasteiger partial charge in [-0.1, -0.05) is 52.2 Å². The molecule has 3 rings (SSSR count). The molecular weight excluding hydrogens is 397 g/mol. The molecule has 7 nitrogen and oxygen atoms in total. The molecule has 0 unspecified atom stereocenters. The molecule has 3 aromatic rings. The number of hydrogen-bond donors (Lipinski definition) is 3. The van der Waals surface area contributed by atoms with E-state index in [4.69, 9.17) is 16.2 Å². The van der Waals surface area contributed by atoms with Crippen molar-refractivity contribution in [2.45, 2.75) is 25.8 Å². The topological polar surface area (TPSA) is 95.6 Å². The number of nitrogens with one attached hydrogen (secondary N) is 2. The Bertz CT molecular complexity index is 949. The largest absolute Gasteiger partial charge is 0.409 e. The quantitative estimate of drug-likeness (QED) is 0.158. The lowest BCUT2D eigenvalue weighted by Crippen LogP contribution is -2.20. The summed E-state index contributed by atoms with van der Waals surface area (Å²) in [6, 6.07) is 14.4. The van der Waals surface area contributed by atoms with Gasteiger partial charge in [-0.05, 0) is 54.7 Å². The Kier molecular flexibility index (Phi) is 7.54. The molecule has 0 atom stereocenters. The predicted octanol–water partition coefficient (Wildman–Crippen LogP) is 4.22. The molecule has 0 aliphatic heterocycles. The highest BCUT2D eigenvalue weighted by molar-refractivity contribution is 6.31. The van der Waals surface area contributed by atoms with Crippen LogP contribution in [0.4, 0.5) is 10.1 Å². The summed E-state index contributed by atoms with van der Waals surface area (Å²) in [5, 5.41) is 26.3. The summed E-state index contributed by atoms with van der Waals surface area (Å²) < 4.78 is 18.1. The Hall–Kier alpha value is -2.97. The Balaban J connectivity index is 1.49. The molecule has 0 radical (unpaired) electrons. The third kappa shape index (κ3) is 6.00. The summed E-state index contributed by atoms with van der Waals surface area (Å²) in [4.78, 5) is 0. The molecule has 0 spiro atoms. The van der Waals surface area contributed by atoms with Gasteiger partial charge in [0.2, 0.25) is 5.84 Å². The summed E-state index contributed by atoms with van der Waals surface area (Å²) in [6.45, 7) is 1.20. The lowest BCUT2D eigenvalue weighted by molar-refractivity contribution is 0.300. The highest BCUT2D eigenvalue weighted by Gasteiger charge is 2.17. The van der Waals surface area contributed by atoms with Gasteiger partial charge in [0.05, 0.1) is 5.02 Å². The van der Waals surface area contributed by atoms with Gasteiger partial charge < -0.3 is 15.8 Å². The van der Waals surface area contributed by atoms with E-state index in [1.165, 1.54) is 23.8 Å². The number of unbranched alkanes of at least 4 members (excludes halogenated alkanes) is 1. The molecule has 0 fully saturated rings. The molecule has 9 heteroatoms. The number of anilines is 1. The normalized spacial score (nSPS) is 11.6. The monoisotopic (exact) mass is 417 g/mol. The van der Waals surface area contributed by atoms with Crippen LogP contribution in [-0.2, 0) is 13.0 Å². The Labute approximate surface area is 172 Å². The van der Waals surface area contributed by atoms with E-state index in [0.717, 1.165) is 25.8 Å². The van der Waals surface area contributed by atoms with Crippen LogP contribution in [0.5, 0.6) is 0 Å². The van der Waals surface area contributed by atoms with Gasteiger partial charge in [-0.15, -0.1) is 0 Å². The van der Waals surface area contributed by atoms with Crippen LogP contribution in [-0.4, -0.2) is 27.9 Å². The summed E-state index contributed by atoms with van der Waals surface area (Å²) in [6.07, 6.45) is 3.10. The van der Waals surface area contributed by atoms with Crippen molar-refractivity contribution in [3.05, 3.63) is 76.3 Å². The number of halogens is 2. The van der Waals surface area contributed by atoms with E-state index in [1.807, 2.05) is 18.2 Å². The lowest BCUT2D eigenvalue weighted by Gasteiger charge is -2.08. The van der Waals surface area contributed by atoms with Crippen LogP contribution in [0.3, 0.4) is 0 Å². The van der Waals surface area contributed by atoms with Crippen LogP contribution in [0, 0.1) is 5.82 Å². The number of nitrogens with zero attached hydrogens (tertiary/aromatic N) is 3. The molecule has 0 amide bonds. The van der Waals surface area contributed by atoms with Crippen molar-refractivity contribution in [2.75, 3.05) is 11.9 Å². The number of hydrogen-bond acceptors (Lipinski definition) is 6. The van der Waals surface area contributed by atoms with Gasteiger partial charge >= 0.3 is 0 Å². The third-order valence-electron chi connectivity index (χ3n) is 4.27. The maximum absolute atomic E-state index is 13.3. The van der Waals surface area contributed by atoms with E-state index in [9.17, 15) is 9.60 Å². The Morgan fingerprint density at radius 1 is 1.14 bits per heavy atom. The van der Waals surface area contributed by atoms with E-state index >= 15 is 0 Å². The van der Waals surface area contributed by atoms with Crippen molar-refractivity contribution in [1.29, 1.82) is 0 Å². The first-order chi connectivity index (χ1) is 14.2. The third-order valence-corrected chi connectivity index (χ3v) is 4.56. The van der Waals surface area contributed by atoms with Crippen molar-refractivity contribution in [1.82, 2.24) is 15.6 Å². The SMILES string of the molecule is O/N=C(/Nc1ccc(F)c(Cl)c1)c1nonc1CNCCCCc1ccccc1. The minimum Gasteiger partial charge on any atom is -0.409 e. The number of benzene rings is 2. The second kappa shape index (κ2) is 10.5. The fraction of sp³-hybridized carbons (Fsp3) is 0.250. The minimum atomic E-state index is -0.542. The van der Waals surface area contributed by atoms with Crippen LogP contribution in [0.15, 0.2) is 58.3 Å². The second-order valence-electron chi connectivity index (χ2n) is 6.38. The van der Waals surface area contributed by atoms with Gasteiger partial charge in [0.15, 0.2) is 5.69 Å². The number of aromatic nitrogens is 2. The summed E-state index contributed by atoms with van der Waals surface area (Å²) in [5.41, 5.74) is 2.50. The molecular formula is C20H21ClFN5O2. The predicted molar refractivity (Wildman–Crippen MR) is 109 cm³/mol. The first-order valence-electron chi connectivity index (χ1n) is 9.18. The average molecular weight is 418 g/mol. The Morgan fingerprint density at radius 2 is 1.97 bits per heavy atom. The molecule has 0 aliphatic rings. The smallest absolute Gasteiger partial charge is 0.201 e. The van der Waals surface area contributed by atoms with Crippen LogP contribution >= 0.6 is 11.6 Å². The number of aryl methyl sites for hydroxylation is 1. The number of oxime groups is 1. The van der Waals surface area contributed by atoms with Crippen LogP contribution in [0.1, 0.15) is 29.8 Å². The van der Waals surface area contributed by atoms with E-state index in [-0.39, 0.29) is 16.6 Å². The van der Waals surface area contributed by atoms with Crippen molar-refractivity contribution >= 4 is 23.1 Å². The van der Waals surface area contributed by atoms with E-state index in [1.54, 1.807) is 0 Å². The molecule has 0 saturated heterocycles. The fourth-order valence-electron chi connectivity index (χ4n) is 2.78. The van der Waals surface area contributed by atoms with Crippen LogP contribution in [0.2, 0.25) is 5.02 Å². The zero-order valence-corrected chi connectivity index (χ0v) is 16.4. The minimum absolute atomic E-state index is 0.0230. The summed E-state index contributed by atoms with van der Waals surface area (Å²) >= 11 is 5.77. The number of rotatable bonds is 9. The maximum atomic E-state index is 13.3. The molecule has 29 heavy (non-hydrogen) atoms. The molecule has 0 bridgehead atoms. The van der Waals surface area contributed by atoms with Gasteiger partial charge in [-0.25, -0.2) is 9.02 Å². The lowest BCUT2D eigenvalue weighted by atomic mass is 10.1. The van der Waals surface area contributed by atoms with E-state index < -0.39 is 5.82 Å². The molecule has 152 valence electrons. The maximum Gasteiger partial charge on any atom is 0.201 e. The van der Waals surface area contributed by atoms with Gasteiger partial charge in [0.1, 0.15) is 11.5 Å². The first-order valence-corrected chi connectivity index (χ1v) is 9.55. The average Bonchev–Trinajstić information content (AvgIpc) is 3.20. The summed E-state index contributed by atoms with van der Waals surface area (Å²) in [7, 11) is 0. The van der Waals surface area contributed by atoms with Crippen molar-refractivity contribution in [2.24, 2.45) is 5.16 Å².